The molecule has 0 saturated carbocycles. The van der Waals surface area contributed by atoms with Crippen molar-refractivity contribution < 1.29 is 27.4 Å². The number of carbonyl (C=O) groups is 1. The molecule has 9 heteroatoms. The predicted octanol–water partition coefficient (Wildman–Crippen LogP) is 5.80. The van der Waals surface area contributed by atoms with Gasteiger partial charge in [-0.15, -0.1) is 0 Å². The summed E-state index contributed by atoms with van der Waals surface area (Å²) >= 11 is 0. The van der Waals surface area contributed by atoms with Crippen LogP contribution in [-0.2, 0) is 17.5 Å². The van der Waals surface area contributed by atoms with Crippen LogP contribution < -0.4 is 14.8 Å². The highest BCUT2D eigenvalue weighted by atomic mass is 19.4. The second kappa shape index (κ2) is 9.85. The van der Waals surface area contributed by atoms with E-state index in [2.05, 4.69) is 15.3 Å². The highest BCUT2D eigenvalue weighted by Crippen LogP contribution is 2.33. The largest absolute Gasteiger partial charge is 0.497 e. The lowest BCUT2D eigenvalue weighted by Gasteiger charge is -2.25. The Morgan fingerprint density at radius 2 is 1.81 bits per heavy atom. The van der Waals surface area contributed by atoms with Crippen LogP contribution in [0, 0.1) is 0 Å². The second-order valence-electron chi connectivity index (χ2n) is 8.60. The average Bonchev–Trinajstić information content (AvgIpc) is 2.86. The van der Waals surface area contributed by atoms with Gasteiger partial charge in [-0.25, -0.2) is 4.98 Å². The first-order valence-electron chi connectivity index (χ1n) is 11.1. The molecule has 36 heavy (non-hydrogen) atoms. The molecule has 1 amide bonds. The summed E-state index contributed by atoms with van der Waals surface area (Å²) in [6.45, 7) is 3.11. The number of methoxy groups -OCH3 is 1. The Hall–Kier alpha value is -4.14. The molecule has 0 bridgehead atoms. The van der Waals surface area contributed by atoms with Crippen LogP contribution in [0.2, 0.25) is 0 Å². The zero-order chi connectivity index (χ0) is 25.9. The summed E-state index contributed by atoms with van der Waals surface area (Å²) in [6.07, 6.45) is -0.114. The maximum absolute atomic E-state index is 13.0. The Bertz CT molecular complexity index is 1400. The van der Waals surface area contributed by atoms with Gasteiger partial charge in [0.25, 0.3) is 5.91 Å². The smallest absolute Gasteiger partial charge is 0.416 e. The normalized spacial score (nSPS) is 11.8. The van der Waals surface area contributed by atoms with Crippen molar-refractivity contribution in [3.63, 3.8) is 0 Å². The summed E-state index contributed by atoms with van der Waals surface area (Å²) in [7, 11) is 1.61. The van der Waals surface area contributed by atoms with E-state index in [1.54, 1.807) is 19.5 Å². The summed E-state index contributed by atoms with van der Waals surface area (Å²) in [5, 5.41) is 4.62. The number of alkyl halides is 3. The fourth-order valence-corrected chi connectivity index (χ4v) is 3.78. The molecule has 0 saturated heterocycles. The van der Waals surface area contributed by atoms with Crippen LogP contribution in [0.25, 0.3) is 21.9 Å². The third-order valence-corrected chi connectivity index (χ3v) is 5.70. The summed E-state index contributed by atoms with van der Waals surface area (Å²) in [5.74, 6) is -0.0542. The lowest BCUT2D eigenvalue weighted by molar-refractivity contribution is -0.138. The van der Waals surface area contributed by atoms with Crippen LogP contribution in [0.4, 0.5) is 13.2 Å². The quantitative estimate of drug-likeness (QED) is 0.351. The molecule has 186 valence electrons. The lowest BCUT2D eigenvalue weighted by Crippen LogP contribution is -2.46. The number of aromatic nitrogens is 2. The van der Waals surface area contributed by atoms with Crippen LogP contribution in [-0.4, -0.2) is 28.6 Å². The van der Waals surface area contributed by atoms with E-state index < -0.39 is 23.2 Å². The molecule has 0 aliphatic rings. The second-order valence-corrected chi connectivity index (χ2v) is 8.60. The van der Waals surface area contributed by atoms with Gasteiger partial charge in [0, 0.05) is 36.6 Å². The van der Waals surface area contributed by atoms with E-state index in [0.717, 1.165) is 51.5 Å². The third-order valence-electron chi connectivity index (χ3n) is 5.70. The van der Waals surface area contributed by atoms with Gasteiger partial charge in [-0.1, -0.05) is 24.3 Å². The number of halogens is 3. The first-order chi connectivity index (χ1) is 17.1. The van der Waals surface area contributed by atoms with Gasteiger partial charge in [0.15, 0.2) is 5.60 Å². The van der Waals surface area contributed by atoms with E-state index in [0.29, 0.717) is 0 Å². The van der Waals surface area contributed by atoms with Crippen molar-refractivity contribution in [3.05, 3.63) is 84.3 Å². The SMILES string of the molecule is COc1cccc(-c2ccc(CNC(=O)C(C)(C)Oc3cc(C(F)(F)F)ccn3)c3cnccc23)c1. The molecular formula is C27H24F3N3O3. The van der Waals surface area contributed by atoms with Crippen LogP contribution in [0.15, 0.2) is 73.2 Å². The van der Waals surface area contributed by atoms with Gasteiger partial charge in [0.05, 0.1) is 12.7 Å². The lowest BCUT2D eigenvalue weighted by atomic mass is 9.96. The number of hydrogen-bond donors (Lipinski definition) is 1. The van der Waals surface area contributed by atoms with Gasteiger partial charge < -0.3 is 14.8 Å². The van der Waals surface area contributed by atoms with E-state index in [9.17, 15) is 18.0 Å². The number of benzene rings is 2. The molecule has 2 aromatic carbocycles. The Labute approximate surface area is 206 Å². The van der Waals surface area contributed by atoms with Crippen molar-refractivity contribution in [1.82, 2.24) is 15.3 Å². The van der Waals surface area contributed by atoms with Crippen molar-refractivity contribution in [1.29, 1.82) is 0 Å². The number of rotatable bonds is 7. The summed E-state index contributed by atoms with van der Waals surface area (Å²) in [4.78, 5) is 21.0. The summed E-state index contributed by atoms with van der Waals surface area (Å²) in [5.41, 5.74) is 0.418. The number of ether oxygens (including phenoxy) is 2. The van der Waals surface area contributed by atoms with E-state index in [1.807, 2.05) is 42.5 Å². The molecule has 0 fully saturated rings. The minimum absolute atomic E-state index is 0.169. The monoisotopic (exact) mass is 495 g/mol. The van der Waals surface area contributed by atoms with Crippen molar-refractivity contribution in [2.24, 2.45) is 0 Å². The maximum atomic E-state index is 13.0. The standard InChI is InChI=1S/C27H24F3N3O3/c1-26(2,36-24-14-19(9-12-32-24)27(28,29)30)25(34)33-15-18-7-8-21(22-10-11-31-16-23(18)22)17-5-4-6-20(13-17)35-3/h4-14,16H,15H2,1-3H3,(H,33,34). The first-order valence-corrected chi connectivity index (χ1v) is 11.1. The van der Waals surface area contributed by atoms with Crippen molar-refractivity contribution in [2.45, 2.75) is 32.2 Å². The number of hydrogen-bond acceptors (Lipinski definition) is 5. The Morgan fingerprint density at radius 1 is 1.00 bits per heavy atom. The average molecular weight is 496 g/mol. The maximum Gasteiger partial charge on any atom is 0.416 e. The van der Waals surface area contributed by atoms with Gasteiger partial charge in [0.2, 0.25) is 5.88 Å². The van der Waals surface area contributed by atoms with E-state index >= 15 is 0 Å². The number of carbonyl (C=O) groups excluding carboxylic acids is 1. The topological polar surface area (TPSA) is 73.3 Å². The minimum atomic E-state index is -4.54. The zero-order valence-electron chi connectivity index (χ0n) is 19.9. The molecule has 0 aliphatic carbocycles. The van der Waals surface area contributed by atoms with E-state index in [1.165, 1.54) is 13.8 Å². The predicted molar refractivity (Wildman–Crippen MR) is 130 cm³/mol. The molecule has 0 atom stereocenters. The van der Waals surface area contributed by atoms with Crippen molar-refractivity contribution in [3.8, 4) is 22.8 Å². The number of amides is 1. The fourth-order valence-electron chi connectivity index (χ4n) is 3.78. The minimum Gasteiger partial charge on any atom is -0.497 e. The highest BCUT2D eigenvalue weighted by Gasteiger charge is 2.34. The summed E-state index contributed by atoms with van der Waals surface area (Å²) in [6, 6.07) is 15.1. The zero-order valence-corrected chi connectivity index (χ0v) is 19.9. The van der Waals surface area contributed by atoms with Gasteiger partial charge in [-0.3, -0.25) is 9.78 Å². The van der Waals surface area contributed by atoms with Crippen LogP contribution in [0.3, 0.4) is 0 Å². The molecule has 0 radical (unpaired) electrons. The number of fused-ring (bicyclic) bond motifs is 1. The Balaban J connectivity index is 1.54. The van der Waals surface area contributed by atoms with E-state index in [-0.39, 0.29) is 12.4 Å². The summed E-state index contributed by atoms with van der Waals surface area (Å²) < 4.78 is 49.9. The molecule has 2 heterocycles. The van der Waals surface area contributed by atoms with Crippen LogP contribution in [0.1, 0.15) is 25.0 Å². The third kappa shape index (κ3) is 5.40. The molecule has 6 nitrogen and oxygen atoms in total. The molecule has 4 rings (SSSR count). The highest BCUT2D eigenvalue weighted by molar-refractivity contribution is 5.98. The number of nitrogens with one attached hydrogen (secondary N) is 1. The molecule has 2 aromatic heterocycles. The molecule has 0 unspecified atom stereocenters. The van der Waals surface area contributed by atoms with E-state index in [4.69, 9.17) is 9.47 Å². The Morgan fingerprint density at radius 3 is 2.56 bits per heavy atom. The first kappa shape index (κ1) is 25.0. The van der Waals surface area contributed by atoms with Crippen LogP contribution >= 0.6 is 0 Å². The van der Waals surface area contributed by atoms with Gasteiger partial charge in [-0.05, 0) is 60.2 Å². The van der Waals surface area contributed by atoms with Gasteiger partial charge in [-0.2, -0.15) is 13.2 Å². The molecule has 1 N–H and O–H groups in total. The molecule has 0 spiro atoms. The van der Waals surface area contributed by atoms with Gasteiger partial charge >= 0.3 is 6.18 Å². The number of nitrogens with zero attached hydrogens (tertiary/aromatic N) is 2. The number of pyridine rings is 2. The molecular weight excluding hydrogens is 471 g/mol. The molecule has 4 aromatic rings. The Kier molecular flexibility index (Phi) is 6.83. The van der Waals surface area contributed by atoms with Gasteiger partial charge in [0.1, 0.15) is 5.75 Å². The van der Waals surface area contributed by atoms with Crippen LogP contribution in [0.5, 0.6) is 11.6 Å². The molecule has 0 aliphatic heterocycles. The van der Waals surface area contributed by atoms with Crippen molar-refractivity contribution in [2.75, 3.05) is 7.11 Å². The van der Waals surface area contributed by atoms with Crippen molar-refractivity contribution >= 4 is 16.7 Å². The fraction of sp³-hybridized carbons (Fsp3) is 0.222.